The van der Waals surface area contributed by atoms with Gasteiger partial charge in [-0.15, -0.1) is 0 Å². The first-order valence-electron chi connectivity index (χ1n) is 4.32. The molecule has 1 saturated heterocycles. The monoisotopic (exact) mass is 189 g/mol. The highest BCUT2D eigenvalue weighted by molar-refractivity contribution is 5.86. The van der Waals surface area contributed by atoms with Gasteiger partial charge in [-0.05, 0) is 6.42 Å². The number of ketones is 1. The molecule has 0 aromatic carbocycles. The number of nitrogens with one attached hydrogen (secondary N) is 1. The Morgan fingerprint density at radius 1 is 1.54 bits per heavy atom. The van der Waals surface area contributed by atoms with Crippen molar-refractivity contribution >= 4 is 5.78 Å². The Hall–Kier alpha value is -0.770. The van der Waals surface area contributed by atoms with Crippen molar-refractivity contribution in [2.24, 2.45) is 5.92 Å². The van der Waals surface area contributed by atoms with E-state index in [0.717, 1.165) is 0 Å². The fraction of sp³-hybridized carbons (Fsp3) is 0.667. The summed E-state index contributed by atoms with van der Waals surface area (Å²) in [5.41, 5.74) is 0.0685. The Kier molecular flexibility index (Phi) is 3.14. The van der Waals surface area contributed by atoms with Crippen molar-refractivity contribution in [3.05, 3.63) is 11.7 Å². The number of halogens is 2. The average Bonchev–Trinajstić information content (AvgIpc) is 2.50. The lowest BCUT2D eigenvalue weighted by molar-refractivity contribution is -0.123. The highest BCUT2D eigenvalue weighted by Gasteiger charge is 2.28. The predicted molar refractivity (Wildman–Crippen MR) is 45.5 cm³/mol. The lowest BCUT2D eigenvalue weighted by Gasteiger charge is -2.10. The van der Waals surface area contributed by atoms with Gasteiger partial charge in [-0.3, -0.25) is 4.79 Å². The molecule has 1 aliphatic heterocycles. The van der Waals surface area contributed by atoms with Crippen LogP contribution in [0, 0.1) is 5.92 Å². The van der Waals surface area contributed by atoms with Crippen LogP contribution in [-0.2, 0) is 4.79 Å². The Morgan fingerprint density at radius 3 is 2.54 bits per heavy atom. The fourth-order valence-electron chi connectivity index (χ4n) is 1.38. The minimum atomic E-state index is -1.65. The van der Waals surface area contributed by atoms with E-state index in [1.54, 1.807) is 13.8 Å². The second-order valence-corrected chi connectivity index (χ2v) is 3.56. The summed E-state index contributed by atoms with van der Waals surface area (Å²) in [6.07, 6.45) is -1.48. The van der Waals surface area contributed by atoms with Gasteiger partial charge < -0.3 is 5.32 Å². The number of Topliss-reactive ketones (excluding diaryl/α,β-unsaturated/α-hetero) is 1. The minimum absolute atomic E-state index is 0.0104. The molecule has 0 bridgehead atoms. The molecule has 0 radical (unpaired) electrons. The maximum absolute atomic E-state index is 12.1. The minimum Gasteiger partial charge on any atom is -0.303 e. The smallest absolute Gasteiger partial charge is 0.270 e. The van der Waals surface area contributed by atoms with Crippen LogP contribution in [0.15, 0.2) is 11.7 Å². The van der Waals surface area contributed by atoms with Crippen molar-refractivity contribution in [1.29, 1.82) is 0 Å². The summed E-state index contributed by atoms with van der Waals surface area (Å²) >= 11 is 0. The Morgan fingerprint density at radius 2 is 2.15 bits per heavy atom. The van der Waals surface area contributed by atoms with E-state index in [4.69, 9.17) is 0 Å². The quantitative estimate of drug-likeness (QED) is 0.716. The van der Waals surface area contributed by atoms with Gasteiger partial charge >= 0.3 is 0 Å². The molecule has 1 rings (SSSR count). The molecule has 0 unspecified atom stereocenters. The number of hydrogen-bond acceptors (Lipinski definition) is 2. The molecule has 1 aliphatic rings. The van der Waals surface area contributed by atoms with Gasteiger partial charge in [0.25, 0.3) is 6.08 Å². The zero-order valence-electron chi connectivity index (χ0n) is 7.73. The van der Waals surface area contributed by atoms with Gasteiger partial charge in [0.05, 0.1) is 6.04 Å². The Balaban J connectivity index is 2.61. The Labute approximate surface area is 76.0 Å². The summed E-state index contributed by atoms with van der Waals surface area (Å²) in [6.45, 7) is 3.69. The summed E-state index contributed by atoms with van der Waals surface area (Å²) in [4.78, 5) is 11.4. The zero-order valence-corrected chi connectivity index (χ0v) is 7.73. The van der Waals surface area contributed by atoms with Crippen molar-refractivity contribution in [2.45, 2.75) is 26.3 Å². The molecule has 1 fully saturated rings. The molecule has 0 saturated carbocycles. The van der Waals surface area contributed by atoms with Gasteiger partial charge in [0.15, 0.2) is 5.78 Å². The van der Waals surface area contributed by atoms with Crippen molar-refractivity contribution in [2.75, 3.05) is 6.54 Å². The SMILES string of the molecule is CC(C)C(=O)[C@@H]1CC(=C(F)F)CN1. The standard InChI is InChI=1S/C9H13F2NO/c1-5(2)8(13)7-3-6(4-12-7)9(10)11/h5,7,12H,3-4H2,1-2H3/t7-/m0/s1. The third-order valence-corrected chi connectivity index (χ3v) is 2.19. The second-order valence-electron chi connectivity index (χ2n) is 3.56. The predicted octanol–water partition coefficient (Wildman–Crippen LogP) is 1.72. The van der Waals surface area contributed by atoms with E-state index >= 15 is 0 Å². The van der Waals surface area contributed by atoms with E-state index in [0.29, 0.717) is 0 Å². The molecule has 0 spiro atoms. The van der Waals surface area contributed by atoms with Crippen molar-refractivity contribution in [3.63, 3.8) is 0 Å². The van der Waals surface area contributed by atoms with Gasteiger partial charge in [0.2, 0.25) is 0 Å². The van der Waals surface area contributed by atoms with Gasteiger partial charge in [0.1, 0.15) is 0 Å². The topological polar surface area (TPSA) is 29.1 Å². The molecule has 0 aromatic heterocycles. The molecule has 1 N–H and O–H groups in total. The average molecular weight is 189 g/mol. The van der Waals surface area contributed by atoms with E-state index in [9.17, 15) is 13.6 Å². The molecular formula is C9H13F2NO. The Bertz CT molecular complexity index is 244. The molecule has 2 nitrogen and oxygen atoms in total. The van der Waals surface area contributed by atoms with Crippen LogP contribution in [0.2, 0.25) is 0 Å². The van der Waals surface area contributed by atoms with Crippen molar-refractivity contribution in [3.8, 4) is 0 Å². The summed E-state index contributed by atoms with van der Waals surface area (Å²) < 4.78 is 24.2. The van der Waals surface area contributed by atoms with Gasteiger partial charge in [0, 0.05) is 18.0 Å². The van der Waals surface area contributed by atoms with Crippen LogP contribution in [0.5, 0.6) is 0 Å². The van der Waals surface area contributed by atoms with E-state index in [1.165, 1.54) is 0 Å². The number of carbonyl (C=O) groups is 1. The number of carbonyl (C=O) groups excluding carboxylic acids is 1. The van der Waals surface area contributed by atoms with Crippen LogP contribution in [0.3, 0.4) is 0 Å². The van der Waals surface area contributed by atoms with E-state index in [2.05, 4.69) is 5.32 Å². The molecule has 4 heteroatoms. The first kappa shape index (κ1) is 10.3. The molecule has 13 heavy (non-hydrogen) atoms. The highest BCUT2D eigenvalue weighted by atomic mass is 19.3. The van der Waals surface area contributed by atoms with Gasteiger partial charge in [-0.1, -0.05) is 13.8 Å². The van der Waals surface area contributed by atoms with E-state index < -0.39 is 12.1 Å². The lowest BCUT2D eigenvalue weighted by atomic mass is 10.00. The van der Waals surface area contributed by atoms with Gasteiger partial charge in [-0.25, -0.2) is 0 Å². The molecule has 74 valence electrons. The van der Waals surface area contributed by atoms with Crippen LogP contribution in [0.25, 0.3) is 0 Å². The molecule has 0 aliphatic carbocycles. The van der Waals surface area contributed by atoms with Crippen LogP contribution in [0.1, 0.15) is 20.3 Å². The molecule has 0 amide bonds. The molecular weight excluding hydrogens is 176 g/mol. The number of rotatable bonds is 2. The molecule has 1 atom stereocenters. The largest absolute Gasteiger partial charge is 0.303 e. The van der Waals surface area contributed by atoms with Crippen LogP contribution in [-0.4, -0.2) is 18.4 Å². The van der Waals surface area contributed by atoms with E-state index in [1.807, 2.05) is 0 Å². The first-order chi connectivity index (χ1) is 6.02. The molecule has 1 heterocycles. The van der Waals surface area contributed by atoms with Gasteiger partial charge in [-0.2, -0.15) is 8.78 Å². The number of hydrogen-bond donors (Lipinski definition) is 1. The zero-order chi connectivity index (χ0) is 10.0. The van der Waals surface area contributed by atoms with Crippen LogP contribution >= 0.6 is 0 Å². The summed E-state index contributed by atoms with van der Waals surface area (Å²) in [6, 6.07) is -0.406. The normalized spacial score (nSPS) is 22.5. The third kappa shape index (κ3) is 2.34. The fourth-order valence-corrected chi connectivity index (χ4v) is 1.38. The van der Waals surface area contributed by atoms with Crippen LogP contribution < -0.4 is 5.32 Å². The maximum Gasteiger partial charge on any atom is 0.270 e. The lowest BCUT2D eigenvalue weighted by Crippen LogP contribution is -2.33. The second kappa shape index (κ2) is 3.96. The van der Waals surface area contributed by atoms with Crippen molar-refractivity contribution in [1.82, 2.24) is 5.32 Å². The first-order valence-corrected chi connectivity index (χ1v) is 4.32. The van der Waals surface area contributed by atoms with E-state index in [-0.39, 0.29) is 30.2 Å². The molecule has 0 aromatic rings. The maximum atomic E-state index is 12.1. The summed E-state index contributed by atoms with van der Waals surface area (Å²) in [7, 11) is 0. The third-order valence-electron chi connectivity index (χ3n) is 2.19. The van der Waals surface area contributed by atoms with Crippen molar-refractivity contribution < 1.29 is 13.6 Å². The summed E-state index contributed by atoms with van der Waals surface area (Å²) in [5, 5.41) is 2.78. The highest BCUT2D eigenvalue weighted by Crippen LogP contribution is 2.20. The summed E-state index contributed by atoms with van der Waals surface area (Å²) in [5.74, 6) is -0.0872. The van der Waals surface area contributed by atoms with Crippen LogP contribution in [0.4, 0.5) is 8.78 Å².